The summed E-state index contributed by atoms with van der Waals surface area (Å²) in [6.45, 7) is 6.96. The molecular formula is C12H16N2OS. The molecule has 0 aliphatic heterocycles. The second-order valence-electron chi connectivity index (χ2n) is 4.91. The Kier molecular flexibility index (Phi) is 2.97. The van der Waals surface area contributed by atoms with Crippen molar-refractivity contribution >= 4 is 21.6 Å². The average molecular weight is 236 g/mol. The van der Waals surface area contributed by atoms with Gasteiger partial charge in [0.1, 0.15) is 0 Å². The van der Waals surface area contributed by atoms with Gasteiger partial charge in [-0.15, -0.1) is 11.3 Å². The number of nitrogens with one attached hydrogen (secondary N) is 1. The Morgan fingerprint density at radius 2 is 2.12 bits per heavy atom. The van der Waals surface area contributed by atoms with Crippen molar-refractivity contribution in [2.75, 3.05) is 0 Å². The fourth-order valence-electron chi connectivity index (χ4n) is 1.50. The highest BCUT2D eigenvalue weighted by Crippen LogP contribution is 2.31. The molecule has 0 amide bonds. The van der Waals surface area contributed by atoms with Gasteiger partial charge in [0.2, 0.25) is 0 Å². The third kappa shape index (κ3) is 2.24. The molecule has 0 saturated heterocycles. The summed E-state index contributed by atoms with van der Waals surface area (Å²) in [6.07, 6.45) is 0. The lowest BCUT2D eigenvalue weighted by Crippen LogP contribution is -2.09. The van der Waals surface area contributed by atoms with E-state index in [1.807, 2.05) is 12.1 Å². The number of aromatic nitrogens is 1. The topological polar surface area (TPSA) is 45.2 Å². The number of fused-ring (bicyclic) bond motifs is 1. The molecule has 16 heavy (non-hydrogen) atoms. The fourth-order valence-corrected chi connectivity index (χ4v) is 2.50. The maximum absolute atomic E-state index is 8.66. The zero-order valence-corrected chi connectivity index (χ0v) is 10.6. The summed E-state index contributed by atoms with van der Waals surface area (Å²) in [6, 6.07) is 6.09. The third-order valence-corrected chi connectivity index (χ3v) is 3.84. The van der Waals surface area contributed by atoms with Crippen LogP contribution in [0.1, 0.15) is 31.3 Å². The predicted octanol–water partition coefficient (Wildman–Crippen LogP) is 3.07. The van der Waals surface area contributed by atoms with Gasteiger partial charge in [-0.2, -0.15) is 0 Å². The second-order valence-corrected chi connectivity index (χ2v) is 5.94. The first kappa shape index (κ1) is 11.5. The van der Waals surface area contributed by atoms with Gasteiger partial charge in [0.25, 0.3) is 0 Å². The number of thiazole rings is 1. The Morgan fingerprint density at radius 3 is 2.75 bits per heavy atom. The van der Waals surface area contributed by atoms with Gasteiger partial charge >= 0.3 is 0 Å². The SMILES string of the molecule is CC(C)(C)c1nc2cc(CNO)ccc2s1. The predicted molar refractivity (Wildman–Crippen MR) is 66.9 cm³/mol. The highest BCUT2D eigenvalue weighted by molar-refractivity contribution is 7.18. The minimum atomic E-state index is 0.0963. The van der Waals surface area contributed by atoms with Crippen molar-refractivity contribution in [2.24, 2.45) is 0 Å². The van der Waals surface area contributed by atoms with Crippen molar-refractivity contribution in [1.82, 2.24) is 10.5 Å². The van der Waals surface area contributed by atoms with E-state index in [1.54, 1.807) is 11.3 Å². The first-order valence-electron chi connectivity index (χ1n) is 5.27. The Morgan fingerprint density at radius 1 is 1.38 bits per heavy atom. The Bertz CT molecular complexity index is 499. The van der Waals surface area contributed by atoms with Crippen LogP contribution in [0, 0.1) is 0 Å². The maximum Gasteiger partial charge on any atom is 0.0992 e. The molecule has 1 heterocycles. The number of hydrogen-bond acceptors (Lipinski definition) is 4. The summed E-state index contributed by atoms with van der Waals surface area (Å²) in [5.74, 6) is 0. The Balaban J connectivity index is 2.46. The molecule has 0 aliphatic rings. The lowest BCUT2D eigenvalue weighted by Gasteiger charge is -2.13. The van der Waals surface area contributed by atoms with Crippen molar-refractivity contribution in [2.45, 2.75) is 32.7 Å². The van der Waals surface area contributed by atoms with Gasteiger partial charge in [-0.05, 0) is 17.7 Å². The quantitative estimate of drug-likeness (QED) is 0.788. The van der Waals surface area contributed by atoms with Crippen LogP contribution in [0.25, 0.3) is 10.2 Å². The number of nitrogens with zero attached hydrogens (tertiary/aromatic N) is 1. The molecule has 2 aromatic rings. The lowest BCUT2D eigenvalue weighted by atomic mass is 9.98. The van der Waals surface area contributed by atoms with Gasteiger partial charge in [0.15, 0.2) is 0 Å². The molecule has 0 bridgehead atoms. The van der Waals surface area contributed by atoms with E-state index < -0.39 is 0 Å². The van der Waals surface area contributed by atoms with Crippen LogP contribution in [0.15, 0.2) is 18.2 Å². The highest BCUT2D eigenvalue weighted by atomic mass is 32.1. The average Bonchev–Trinajstić information content (AvgIpc) is 2.60. The van der Waals surface area contributed by atoms with Crippen molar-refractivity contribution in [1.29, 1.82) is 0 Å². The van der Waals surface area contributed by atoms with Crippen molar-refractivity contribution < 1.29 is 5.21 Å². The van der Waals surface area contributed by atoms with Gasteiger partial charge in [-0.3, -0.25) is 0 Å². The maximum atomic E-state index is 8.66. The van der Waals surface area contributed by atoms with E-state index >= 15 is 0 Å². The summed E-state index contributed by atoms with van der Waals surface area (Å²) in [7, 11) is 0. The summed E-state index contributed by atoms with van der Waals surface area (Å²) < 4.78 is 1.20. The van der Waals surface area contributed by atoms with Crippen LogP contribution < -0.4 is 5.48 Å². The molecule has 0 unspecified atom stereocenters. The van der Waals surface area contributed by atoms with E-state index in [9.17, 15) is 0 Å². The summed E-state index contributed by atoms with van der Waals surface area (Å²) >= 11 is 1.74. The number of benzene rings is 1. The fraction of sp³-hybridized carbons (Fsp3) is 0.417. The molecular weight excluding hydrogens is 220 g/mol. The first-order valence-corrected chi connectivity index (χ1v) is 6.09. The molecule has 3 nitrogen and oxygen atoms in total. The second kappa shape index (κ2) is 4.13. The molecule has 0 radical (unpaired) electrons. The van der Waals surface area contributed by atoms with Crippen LogP contribution in [-0.4, -0.2) is 10.2 Å². The first-order chi connectivity index (χ1) is 7.50. The molecule has 0 spiro atoms. The smallest absolute Gasteiger partial charge is 0.0992 e. The molecule has 0 saturated carbocycles. The van der Waals surface area contributed by atoms with Gasteiger partial charge < -0.3 is 5.21 Å². The van der Waals surface area contributed by atoms with Gasteiger partial charge in [0.05, 0.1) is 15.2 Å². The zero-order chi connectivity index (χ0) is 11.8. The normalized spacial score (nSPS) is 12.2. The van der Waals surface area contributed by atoms with Gasteiger partial charge in [-0.25, -0.2) is 10.5 Å². The molecule has 0 fully saturated rings. The van der Waals surface area contributed by atoms with E-state index in [0.717, 1.165) is 16.1 Å². The molecule has 2 N–H and O–H groups in total. The van der Waals surface area contributed by atoms with E-state index in [0.29, 0.717) is 6.54 Å². The number of hydrogen-bond donors (Lipinski definition) is 2. The molecule has 2 rings (SSSR count). The van der Waals surface area contributed by atoms with Crippen LogP contribution in [0.5, 0.6) is 0 Å². The molecule has 0 aliphatic carbocycles. The largest absolute Gasteiger partial charge is 0.316 e. The van der Waals surface area contributed by atoms with Gasteiger partial charge in [0, 0.05) is 12.0 Å². The molecule has 1 aromatic heterocycles. The van der Waals surface area contributed by atoms with Crippen LogP contribution >= 0.6 is 11.3 Å². The molecule has 0 atom stereocenters. The third-order valence-electron chi connectivity index (χ3n) is 2.38. The molecule has 86 valence electrons. The Labute approximate surface area is 99.1 Å². The van der Waals surface area contributed by atoms with Crippen LogP contribution in [0.4, 0.5) is 0 Å². The van der Waals surface area contributed by atoms with Crippen molar-refractivity contribution in [3.05, 3.63) is 28.8 Å². The van der Waals surface area contributed by atoms with E-state index in [4.69, 9.17) is 5.21 Å². The lowest BCUT2D eigenvalue weighted by molar-refractivity contribution is 0.161. The standard InChI is InChI=1S/C12H16N2OS/c1-12(2,3)11-14-9-6-8(7-13-15)4-5-10(9)16-11/h4-6,13,15H,7H2,1-3H3. The van der Waals surface area contributed by atoms with E-state index in [2.05, 4.69) is 37.3 Å². The van der Waals surface area contributed by atoms with Crippen LogP contribution in [0.3, 0.4) is 0 Å². The van der Waals surface area contributed by atoms with E-state index in [-0.39, 0.29) is 5.41 Å². The van der Waals surface area contributed by atoms with Crippen LogP contribution in [-0.2, 0) is 12.0 Å². The summed E-state index contributed by atoms with van der Waals surface area (Å²) in [5.41, 5.74) is 4.32. The molecule has 1 aromatic carbocycles. The monoisotopic (exact) mass is 236 g/mol. The van der Waals surface area contributed by atoms with Crippen molar-refractivity contribution in [3.63, 3.8) is 0 Å². The number of rotatable bonds is 2. The van der Waals surface area contributed by atoms with Crippen molar-refractivity contribution in [3.8, 4) is 0 Å². The minimum Gasteiger partial charge on any atom is -0.316 e. The minimum absolute atomic E-state index is 0.0963. The number of hydroxylamine groups is 1. The van der Waals surface area contributed by atoms with Crippen LogP contribution in [0.2, 0.25) is 0 Å². The summed E-state index contributed by atoms with van der Waals surface area (Å²) in [5, 5.41) is 9.81. The highest BCUT2D eigenvalue weighted by Gasteiger charge is 2.18. The zero-order valence-electron chi connectivity index (χ0n) is 9.74. The molecule has 4 heteroatoms. The summed E-state index contributed by atoms with van der Waals surface area (Å²) in [4.78, 5) is 4.64. The van der Waals surface area contributed by atoms with Gasteiger partial charge in [-0.1, -0.05) is 26.8 Å². The Hall–Kier alpha value is -0.970. The van der Waals surface area contributed by atoms with E-state index in [1.165, 1.54) is 4.70 Å².